The quantitative estimate of drug-likeness (QED) is 0.174. The summed E-state index contributed by atoms with van der Waals surface area (Å²) in [6.45, 7) is 0. The van der Waals surface area contributed by atoms with Crippen LogP contribution < -0.4 is 0 Å². The van der Waals surface area contributed by atoms with Gasteiger partial charge in [0.15, 0.2) is 0 Å². The van der Waals surface area contributed by atoms with Crippen LogP contribution in [0.1, 0.15) is 0 Å². The van der Waals surface area contributed by atoms with Crippen molar-refractivity contribution in [2.45, 2.75) is 0 Å². The Morgan fingerprint density at radius 2 is 0.611 bits per heavy atom. The van der Waals surface area contributed by atoms with Gasteiger partial charge in [0.1, 0.15) is 0 Å². The Bertz CT molecular complexity index is 3140. The van der Waals surface area contributed by atoms with Crippen LogP contribution in [0.4, 0.5) is 0 Å². The second-order valence-corrected chi connectivity index (χ2v) is 14.7. The Labute approximate surface area is 314 Å². The van der Waals surface area contributed by atoms with Gasteiger partial charge in [-0.05, 0) is 127 Å². The molecule has 10 aromatic carbocycles. The maximum absolute atomic E-state index is 2.48. The zero-order valence-corrected chi connectivity index (χ0v) is 29.5. The first-order chi connectivity index (χ1) is 26.8. The third kappa shape index (κ3) is 4.03. The molecule has 0 spiro atoms. The van der Waals surface area contributed by atoms with Crippen LogP contribution in [0, 0.1) is 0 Å². The fourth-order valence-electron chi connectivity index (χ4n) is 9.76. The highest BCUT2D eigenvalue weighted by molar-refractivity contribution is 6.29. The zero-order valence-electron chi connectivity index (χ0n) is 29.5. The number of hydrogen-bond donors (Lipinski definition) is 0. The molecule has 248 valence electrons. The van der Waals surface area contributed by atoms with Gasteiger partial charge in [0.2, 0.25) is 0 Å². The van der Waals surface area contributed by atoms with Crippen molar-refractivity contribution >= 4 is 32.3 Å². The van der Waals surface area contributed by atoms with Gasteiger partial charge in [-0.1, -0.05) is 188 Å². The van der Waals surface area contributed by atoms with Crippen LogP contribution >= 0.6 is 0 Å². The summed E-state index contributed by atoms with van der Waals surface area (Å²) >= 11 is 0. The van der Waals surface area contributed by atoms with Crippen LogP contribution in [-0.2, 0) is 0 Å². The van der Waals surface area contributed by atoms with E-state index in [0.29, 0.717) is 0 Å². The average molecular weight is 681 g/mol. The van der Waals surface area contributed by atoms with Gasteiger partial charge in [-0.2, -0.15) is 0 Å². The lowest BCUT2D eigenvalue weighted by Crippen LogP contribution is -1.94. The van der Waals surface area contributed by atoms with Gasteiger partial charge >= 0.3 is 0 Å². The highest BCUT2D eigenvalue weighted by Crippen LogP contribution is 2.59. The summed E-state index contributed by atoms with van der Waals surface area (Å²) in [5.74, 6) is 0. The third-order valence-corrected chi connectivity index (χ3v) is 12.0. The fourth-order valence-corrected chi connectivity index (χ4v) is 9.76. The molecule has 0 fully saturated rings. The maximum Gasteiger partial charge on any atom is -0.000741 e. The molecular weight excluding hydrogens is 649 g/mol. The van der Waals surface area contributed by atoms with E-state index < -0.39 is 0 Å². The van der Waals surface area contributed by atoms with Crippen LogP contribution in [0.3, 0.4) is 0 Å². The van der Waals surface area contributed by atoms with Gasteiger partial charge in [-0.3, -0.25) is 0 Å². The van der Waals surface area contributed by atoms with Gasteiger partial charge < -0.3 is 0 Å². The lowest BCUT2D eigenvalue weighted by Gasteiger charge is -2.21. The maximum atomic E-state index is 2.48. The van der Waals surface area contributed by atoms with E-state index >= 15 is 0 Å². The molecule has 0 heterocycles. The SMILES string of the molecule is c1ccc(-c2c3c(c(-c4ccccc4)c4cc(-c5ccc6c7c(cccc57)-c5ccccc5-6)ccc24)-c2ccc(-c4ccccc4)c4cccc-3c24)cc1. The van der Waals surface area contributed by atoms with E-state index in [2.05, 4.69) is 194 Å². The van der Waals surface area contributed by atoms with Crippen molar-refractivity contribution in [3.8, 4) is 89.0 Å². The average Bonchev–Trinajstić information content (AvgIpc) is 3.75. The van der Waals surface area contributed by atoms with Crippen LogP contribution in [0.2, 0.25) is 0 Å². The first-order valence-corrected chi connectivity index (χ1v) is 18.9. The van der Waals surface area contributed by atoms with Gasteiger partial charge in [0, 0.05) is 0 Å². The zero-order chi connectivity index (χ0) is 35.3. The van der Waals surface area contributed by atoms with Gasteiger partial charge in [-0.15, -0.1) is 0 Å². The third-order valence-electron chi connectivity index (χ3n) is 12.0. The standard InChI is InChI=1S/C54H32/c1-4-14-33(15-5-1)37-29-31-47-52-41(37)23-13-25-46(52)53-49(34-16-6-2-7-17-34)45-27-26-36(32-48(45)50(54(47)53)35-18-8-3-9-19-35)38-28-30-44-40-21-11-10-20-39(40)43-24-12-22-42(38)51(43)44/h1-32H. The first-order valence-electron chi connectivity index (χ1n) is 18.9. The summed E-state index contributed by atoms with van der Waals surface area (Å²) in [5, 5.41) is 7.84. The molecule has 0 heteroatoms. The molecule has 0 amide bonds. The van der Waals surface area contributed by atoms with Crippen molar-refractivity contribution in [2.24, 2.45) is 0 Å². The highest BCUT2D eigenvalue weighted by Gasteiger charge is 2.31. The predicted octanol–water partition coefficient (Wildman–Crippen LogP) is 15.1. The van der Waals surface area contributed by atoms with Crippen LogP contribution in [-0.4, -0.2) is 0 Å². The Hall–Kier alpha value is -7.02. The molecule has 0 N–H and O–H groups in total. The molecule has 2 aliphatic rings. The summed E-state index contributed by atoms with van der Waals surface area (Å²) in [4.78, 5) is 0. The summed E-state index contributed by atoms with van der Waals surface area (Å²) in [7, 11) is 0. The normalized spacial score (nSPS) is 12.1. The molecule has 0 aliphatic heterocycles. The van der Waals surface area contributed by atoms with E-state index in [1.165, 1.54) is 121 Å². The van der Waals surface area contributed by atoms with E-state index in [-0.39, 0.29) is 0 Å². The second kappa shape index (κ2) is 11.2. The largest absolute Gasteiger partial charge is 0.0622 e. The van der Waals surface area contributed by atoms with Gasteiger partial charge in [-0.25, -0.2) is 0 Å². The van der Waals surface area contributed by atoms with E-state index in [9.17, 15) is 0 Å². The molecule has 2 aliphatic carbocycles. The van der Waals surface area contributed by atoms with Gasteiger partial charge in [0.25, 0.3) is 0 Å². The number of benzene rings is 10. The summed E-state index contributed by atoms with van der Waals surface area (Å²) in [6, 6.07) is 72.2. The molecule has 10 aromatic rings. The summed E-state index contributed by atoms with van der Waals surface area (Å²) in [6.07, 6.45) is 0. The summed E-state index contributed by atoms with van der Waals surface area (Å²) < 4.78 is 0. The first kappa shape index (κ1) is 29.5. The Morgan fingerprint density at radius 3 is 1.24 bits per heavy atom. The second-order valence-electron chi connectivity index (χ2n) is 14.7. The summed E-state index contributed by atoms with van der Waals surface area (Å²) in [5.41, 5.74) is 20.7. The van der Waals surface area contributed by atoms with E-state index in [4.69, 9.17) is 0 Å². The van der Waals surface area contributed by atoms with E-state index in [1.807, 2.05) is 0 Å². The topological polar surface area (TPSA) is 0 Å². The minimum absolute atomic E-state index is 1.23. The molecule has 0 unspecified atom stereocenters. The van der Waals surface area contributed by atoms with Crippen molar-refractivity contribution in [3.05, 3.63) is 194 Å². The Balaban J connectivity index is 1.21. The van der Waals surface area contributed by atoms with Crippen LogP contribution in [0.5, 0.6) is 0 Å². The Morgan fingerprint density at radius 1 is 0.185 bits per heavy atom. The van der Waals surface area contributed by atoms with Crippen molar-refractivity contribution in [1.82, 2.24) is 0 Å². The smallest absolute Gasteiger partial charge is 0.000741 e. The molecule has 0 atom stereocenters. The predicted molar refractivity (Wildman–Crippen MR) is 230 cm³/mol. The molecule has 0 nitrogen and oxygen atoms in total. The molecule has 0 bridgehead atoms. The van der Waals surface area contributed by atoms with Crippen molar-refractivity contribution in [1.29, 1.82) is 0 Å². The highest BCUT2D eigenvalue weighted by atomic mass is 14.3. The molecular formula is C54H32. The lowest BCUT2D eigenvalue weighted by atomic mass is 9.81. The molecule has 0 aromatic heterocycles. The Kier molecular flexibility index (Phi) is 6.15. The molecule has 0 saturated carbocycles. The molecule has 12 rings (SSSR count). The van der Waals surface area contributed by atoms with Crippen molar-refractivity contribution in [2.75, 3.05) is 0 Å². The molecule has 0 radical (unpaired) electrons. The number of hydrogen-bond acceptors (Lipinski definition) is 0. The van der Waals surface area contributed by atoms with Crippen LogP contribution in [0.25, 0.3) is 121 Å². The minimum atomic E-state index is 1.23. The molecule has 0 saturated heterocycles. The van der Waals surface area contributed by atoms with Crippen LogP contribution in [0.15, 0.2) is 194 Å². The van der Waals surface area contributed by atoms with Gasteiger partial charge in [0.05, 0.1) is 0 Å². The van der Waals surface area contributed by atoms with Crippen molar-refractivity contribution in [3.63, 3.8) is 0 Å². The fraction of sp³-hybridized carbons (Fsp3) is 0. The molecule has 54 heavy (non-hydrogen) atoms. The minimum Gasteiger partial charge on any atom is -0.0622 e. The monoisotopic (exact) mass is 680 g/mol. The number of rotatable bonds is 4. The number of fused-ring (bicyclic) bond motifs is 7. The lowest BCUT2D eigenvalue weighted by molar-refractivity contribution is 1.62. The van der Waals surface area contributed by atoms with Crippen molar-refractivity contribution < 1.29 is 0 Å². The van der Waals surface area contributed by atoms with E-state index in [0.717, 1.165) is 0 Å². The van der Waals surface area contributed by atoms with E-state index in [1.54, 1.807) is 0 Å².